The zero-order valence-electron chi connectivity index (χ0n) is 17.4. The molecule has 0 aliphatic heterocycles. The number of aromatic nitrogens is 2. The Hall–Kier alpha value is -1.84. The van der Waals surface area contributed by atoms with Crippen LogP contribution in [0.4, 0.5) is 5.69 Å². The average molecular weight is 500 g/mol. The SMILES string of the molecule is CCNC(=NCCCc1nc(C)no1)NCCN(CC)c1cccc(C)c1.I. The summed E-state index contributed by atoms with van der Waals surface area (Å²) in [4.78, 5) is 11.2. The van der Waals surface area contributed by atoms with Gasteiger partial charge in [-0.05, 0) is 51.8 Å². The number of aliphatic imine (C=N–C) groups is 1. The molecule has 2 rings (SSSR count). The molecule has 0 aliphatic rings. The van der Waals surface area contributed by atoms with Gasteiger partial charge in [0.1, 0.15) is 0 Å². The van der Waals surface area contributed by atoms with Gasteiger partial charge in [-0.15, -0.1) is 24.0 Å². The van der Waals surface area contributed by atoms with Crippen molar-refractivity contribution >= 4 is 35.6 Å². The van der Waals surface area contributed by atoms with Crippen LogP contribution in [0, 0.1) is 13.8 Å². The Morgan fingerprint density at radius 2 is 2.04 bits per heavy atom. The van der Waals surface area contributed by atoms with Gasteiger partial charge in [0, 0.05) is 44.8 Å². The molecule has 7 nitrogen and oxygen atoms in total. The molecular formula is C20H33IN6O. The van der Waals surface area contributed by atoms with Crippen molar-refractivity contribution in [1.82, 2.24) is 20.8 Å². The van der Waals surface area contributed by atoms with Crippen LogP contribution in [0.25, 0.3) is 0 Å². The minimum absolute atomic E-state index is 0. The standard InChI is InChI=1S/C20H32N6O.HI/c1-5-21-20(22-12-8-11-19-24-17(4)25-27-19)23-13-14-26(6-2)18-10-7-9-16(3)15-18;/h7,9-10,15H,5-6,8,11-14H2,1-4H3,(H2,21,22,23);1H. The molecule has 0 saturated heterocycles. The van der Waals surface area contributed by atoms with Crippen molar-refractivity contribution in [2.45, 2.75) is 40.5 Å². The Balaban J connectivity index is 0.00000392. The highest BCUT2D eigenvalue weighted by Crippen LogP contribution is 2.14. The lowest BCUT2D eigenvalue weighted by Crippen LogP contribution is -2.41. The summed E-state index contributed by atoms with van der Waals surface area (Å²) >= 11 is 0. The highest BCUT2D eigenvalue weighted by atomic mass is 127. The molecule has 2 N–H and O–H groups in total. The van der Waals surface area contributed by atoms with E-state index in [0.717, 1.165) is 45.0 Å². The molecule has 28 heavy (non-hydrogen) atoms. The Kier molecular flexibility index (Phi) is 11.5. The monoisotopic (exact) mass is 500 g/mol. The Morgan fingerprint density at radius 3 is 2.68 bits per heavy atom. The van der Waals surface area contributed by atoms with Crippen molar-refractivity contribution < 1.29 is 4.52 Å². The molecule has 0 amide bonds. The number of aryl methyl sites for hydroxylation is 3. The summed E-state index contributed by atoms with van der Waals surface area (Å²) in [6.45, 7) is 12.5. The van der Waals surface area contributed by atoms with Gasteiger partial charge in [0.05, 0.1) is 0 Å². The first-order valence-electron chi connectivity index (χ1n) is 9.75. The Morgan fingerprint density at radius 1 is 1.21 bits per heavy atom. The number of nitrogens with one attached hydrogen (secondary N) is 2. The summed E-state index contributed by atoms with van der Waals surface area (Å²) in [6, 6.07) is 8.62. The van der Waals surface area contributed by atoms with Crippen molar-refractivity contribution in [2.75, 3.05) is 37.6 Å². The smallest absolute Gasteiger partial charge is 0.226 e. The summed E-state index contributed by atoms with van der Waals surface area (Å²) < 4.78 is 5.13. The summed E-state index contributed by atoms with van der Waals surface area (Å²) in [7, 11) is 0. The number of benzene rings is 1. The van der Waals surface area contributed by atoms with E-state index in [1.165, 1.54) is 11.3 Å². The number of nitrogens with zero attached hydrogens (tertiary/aromatic N) is 4. The molecule has 0 fully saturated rings. The molecule has 0 unspecified atom stereocenters. The maximum Gasteiger partial charge on any atom is 0.226 e. The van der Waals surface area contributed by atoms with E-state index in [2.05, 4.69) is 75.7 Å². The molecule has 0 radical (unpaired) electrons. The normalized spacial score (nSPS) is 11.1. The number of hydrogen-bond donors (Lipinski definition) is 2. The minimum Gasteiger partial charge on any atom is -0.370 e. The van der Waals surface area contributed by atoms with Gasteiger partial charge in [0.25, 0.3) is 0 Å². The van der Waals surface area contributed by atoms with Gasteiger partial charge < -0.3 is 20.1 Å². The molecule has 0 atom stereocenters. The fraction of sp³-hybridized carbons (Fsp3) is 0.550. The van der Waals surface area contributed by atoms with E-state index in [-0.39, 0.29) is 24.0 Å². The summed E-state index contributed by atoms with van der Waals surface area (Å²) in [5.74, 6) is 2.20. The molecule has 8 heteroatoms. The van der Waals surface area contributed by atoms with Crippen molar-refractivity contribution in [1.29, 1.82) is 0 Å². The molecule has 0 spiro atoms. The van der Waals surface area contributed by atoms with Crippen molar-refractivity contribution in [3.8, 4) is 0 Å². The lowest BCUT2D eigenvalue weighted by atomic mass is 10.2. The van der Waals surface area contributed by atoms with Gasteiger partial charge in [0.2, 0.25) is 5.89 Å². The quantitative estimate of drug-likeness (QED) is 0.226. The van der Waals surface area contributed by atoms with Gasteiger partial charge in [-0.1, -0.05) is 17.3 Å². The molecule has 1 aromatic carbocycles. The third kappa shape index (κ3) is 8.45. The van der Waals surface area contributed by atoms with E-state index in [9.17, 15) is 0 Å². The maximum absolute atomic E-state index is 5.13. The fourth-order valence-electron chi connectivity index (χ4n) is 2.81. The van der Waals surface area contributed by atoms with Gasteiger partial charge in [-0.2, -0.15) is 4.98 Å². The molecule has 0 saturated carbocycles. The largest absolute Gasteiger partial charge is 0.370 e. The number of hydrogen-bond acceptors (Lipinski definition) is 5. The molecule has 0 aliphatic carbocycles. The predicted octanol–water partition coefficient (Wildman–Crippen LogP) is 3.32. The molecular weight excluding hydrogens is 467 g/mol. The second kappa shape index (κ2) is 13.4. The number of likely N-dealkylation sites (N-methyl/N-ethyl adjacent to an activating group) is 1. The molecule has 1 aromatic heterocycles. The van der Waals surface area contributed by atoms with E-state index in [0.29, 0.717) is 18.3 Å². The van der Waals surface area contributed by atoms with Gasteiger partial charge in [-0.25, -0.2) is 0 Å². The lowest BCUT2D eigenvalue weighted by molar-refractivity contribution is 0.372. The molecule has 0 bridgehead atoms. The summed E-state index contributed by atoms with van der Waals surface area (Å²) in [5.41, 5.74) is 2.54. The molecule has 156 valence electrons. The van der Waals surface area contributed by atoms with Gasteiger partial charge in [-0.3, -0.25) is 4.99 Å². The number of anilines is 1. The van der Waals surface area contributed by atoms with Crippen LogP contribution >= 0.6 is 24.0 Å². The summed E-state index contributed by atoms with van der Waals surface area (Å²) in [6.07, 6.45) is 1.63. The average Bonchev–Trinajstić information content (AvgIpc) is 3.07. The topological polar surface area (TPSA) is 78.6 Å². The third-order valence-electron chi connectivity index (χ3n) is 4.16. The van der Waals surface area contributed by atoms with Crippen LogP contribution in [0.15, 0.2) is 33.8 Å². The first-order valence-corrected chi connectivity index (χ1v) is 9.75. The fourth-order valence-corrected chi connectivity index (χ4v) is 2.81. The number of rotatable bonds is 10. The zero-order chi connectivity index (χ0) is 19.5. The van der Waals surface area contributed by atoms with Crippen LogP contribution < -0.4 is 15.5 Å². The van der Waals surface area contributed by atoms with Crippen LogP contribution in [0.3, 0.4) is 0 Å². The first kappa shape index (κ1) is 24.2. The Labute approximate surface area is 185 Å². The lowest BCUT2D eigenvalue weighted by Gasteiger charge is -2.24. The first-order chi connectivity index (χ1) is 13.1. The van der Waals surface area contributed by atoms with E-state index in [1.54, 1.807) is 0 Å². The summed E-state index contributed by atoms with van der Waals surface area (Å²) in [5, 5.41) is 10.5. The van der Waals surface area contributed by atoms with Crippen molar-refractivity contribution in [3.05, 3.63) is 41.5 Å². The predicted molar refractivity (Wildman–Crippen MR) is 126 cm³/mol. The van der Waals surface area contributed by atoms with Crippen LogP contribution in [-0.2, 0) is 6.42 Å². The van der Waals surface area contributed by atoms with Crippen molar-refractivity contribution in [3.63, 3.8) is 0 Å². The van der Waals surface area contributed by atoms with Gasteiger partial charge in [0.15, 0.2) is 11.8 Å². The van der Waals surface area contributed by atoms with E-state index < -0.39 is 0 Å². The van der Waals surface area contributed by atoms with Gasteiger partial charge >= 0.3 is 0 Å². The zero-order valence-corrected chi connectivity index (χ0v) is 19.7. The van der Waals surface area contributed by atoms with Crippen LogP contribution in [0.1, 0.15) is 37.5 Å². The highest BCUT2D eigenvalue weighted by Gasteiger charge is 2.05. The maximum atomic E-state index is 5.13. The van der Waals surface area contributed by atoms with Crippen molar-refractivity contribution in [2.24, 2.45) is 4.99 Å². The second-order valence-corrected chi connectivity index (χ2v) is 6.44. The van der Waals surface area contributed by atoms with Crippen LogP contribution in [-0.4, -0.2) is 48.8 Å². The highest BCUT2D eigenvalue weighted by molar-refractivity contribution is 14.0. The third-order valence-corrected chi connectivity index (χ3v) is 4.16. The van der Waals surface area contributed by atoms with E-state index >= 15 is 0 Å². The molecule has 2 aromatic rings. The minimum atomic E-state index is 0. The van der Waals surface area contributed by atoms with Crippen LogP contribution in [0.5, 0.6) is 0 Å². The second-order valence-electron chi connectivity index (χ2n) is 6.44. The Bertz CT molecular complexity index is 718. The van der Waals surface area contributed by atoms with Crippen LogP contribution in [0.2, 0.25) is 0 Å². The van der Waals surface area contributed by atoms with E-state index in [1.807, 2.05) is 6.92 Å². The van der Waals surface area contributed by atoms with E-state index in [4.69, 9.17) is 4.52 Å². The number of halogens is 1. The molecule has 1 heterocycles. The number of guanidine groups is 1.